The van der Waals surface area contributed by atoms with Gasteiger partial charge in [-0.05, 0) is 174 Å². The van der Waals surface area contributed by atoms with Crippen LogP contribution in [0.1, 0.15) is 134 Å². The lowest BCUT2D eigenvalue weighted by molar-refractivity contribution is 0.332. The van der Waals surface area contributed by atoms with Crippen molar-refractivity contribution < 1.29 is 0 Å². The average Bonchev–Trinajstić information content (AvgIpc) is 3.46. The Morgan fingerprint density at radius 3 is 1.47 bits per heavy atom. The van der Waals surface area contributed by atoms with Gasteiger partial charge in [-0.3, -0.25) is 0 Å². The van der Waals surface area contributed by atoms with E-state index < -0.39 is 0 Å². The fourth-order valence-corrected chi connectivity index (χ4v) is 12.8. The molecule has 2 aliphatic heterocycles. The van der Waals surface area contributed by atoms with Gasteiger partial charge in [-0.1, -0.05) is 173 Å². The summed E-state index contributed by atoms with van der Waals surface area (Å²) in [6, 6.07) is 52.0. The molecule has 2 nitrogen and oxygen atoms in total. The topological polar surface area (TPSA) is 6.48 Å². The monoisotopic (exact) mass is 863 g/mol. The quantitative estimate of drug-likeness (QED) is 0.163. The van der Waals surface area contributed by atoms with Gasteiger partial charge in [0.1, 0.15) is 0 Å². The van der Waals surface area contributed by atoms with Gasteiger partial charge in [0.25, 0.3) is 6.71 Å². The van der Waals surface area contributed by atoms with Crippen LogP contribution in [0, 0.1) is 13.8 Å². The first kappa shape index (κ1) is 42.8. The maximum Gasteiger partial charge on any atom is 0.252 e. The Bertz CT molecular complexity index is 3120. The fraction of sp³-hybridized carbons (Fsp3) is 0.333. The average molecular weight is 863 g/mol. The Morgan fingerprint density at radius 2 is 0.879 bits per heavy atom. The van der Waals surface area contributed by atoms with E-state index in [4.69, 9.17) is 0 Å². The zero-order valence-electron chi connectivity index (χ0n) is 41.8. The van der Waals surface area contributed by atoms with E-state index in [2.05, 4.69) is 233 Å². The second kappa shape index (κ2) is 14.4. The van der Waals surface area contributed by atoms with Gasteiger partial charge < -0.3 is 9.80 Å². The number of hydrogen-bond acceptors (Lipinski definition) is 2. The number of hydrogen-bond donors (Lipinski definition) is 0. The molecular weight excluding hydrogens is 796 g/mol. The van der Waals surface area contributed by atoms with E-state index in [1.54, 1.807) is 0 Å². The van der Waals surface area contributed by atoms with E-state index in [1.165, 1.54) is 125 Å². The summed E-state index contributed by atoms with van der Waals surface area (Å²) in [5.41, 5.74) is 26.9. The van der Waals surface area contributed by atoms with Crippen LogP contribution >= 0.6 is 0 Å². The van der Waals surface area contributed by atoms with Crippen LogP contribution in [0.5, 0.6) is 0 Å². The van der Waals surface area contributed by atoms with E-state index in [0.29, 0.717) is 0 Å². The lowest BCUT2D eigenvalue weighted by Gasteiger charge is -2.48. The van der Waals surface area contributed by atoms with Crippen molar-refractivity contribution >= 4 is 57.2 Å². The first-order chi connectivity index (χ1) is 31.1. The summed E-state index contributed by atoms with van der Waals surface area (Å²) < 4.78 is 0. The zero-order valence-corrected chi connectivity index (χ0v) is 41.8. The molecule has 66 heavy (non-hydrogen) atoms. The molecule has 0 spiro atoms. The number of anilines is 6. The third-order valence-electron chi connectivity index (χ3n) is 16.5. The van der Waals surface area contributed by atoms with Gasteiger partial charge in [-0.25, -0.2) is 0 Å². The Morgan fingerprint density at radius 1 is 0.409 bits per heavy atom. The molecule has 7 aromatic carbocycles. The number of rotatable bonds is 4. The molecule has 0 unspecified atom stereocenters. The van der Waals surface area contributed by atoms with Crippen LogP contribution in [0.3, 0.4) is 0 Å². The Kier molecular flexibility index (Phi) is 9.31. The highest BCUT2D eigenvalue weighted by Crippen LogP contribution is 2.55. The third-order valence-corrected chi connectivity index (χ3v) is 16.5. The second-order valence-corrected chi connectivity index (χ2v) is 24.1. The van der Waals surface area contributed by atoms with Crippen molar-refractivity contribution in [1.29, 1.82) is 0 Å². The van der Waals surface area contributed by atoms with Gasteiger partial charge in [-0.2, -0.15) is 0 Å². The molecule has 2 aliphatic carbocycles. The fourth-order valence-electron chi connectivity index (χ4n) is 12.8. The molecule has 0 bridgehead atoms. The molecule has 11 rings (SSSR count). The lowest BCUT2D eigenvalue weighted by Crippen LogP contribution is -2.62. The SMILES string of the molecule is Cc1ccc(-c2ccccc2)cc1N1c2ccc(-c3ccccc3)cc2B2c3cc4c(cc3N(c3cc5c(cc3C)C(C)(C)CC5(C)C)c3cc(C(C)(C)C)cc1c32)C(C)(C)CCC4(C)C. The first-order valence-corrected chi connectivity index (χ1v) is 24.6. The van der Waals surface area contributed by atoms with Gasteiger partial charge in [0.05, 0.1) is 0 Å². The Hall–Kier alpha value is -5.80. The van der Waals surface area contributed by atoms with Crippen LogP contribution in [0.2, 0.25) is 0 Å². The van der Waals surface area contributed by atoms with Crippen LogP contribution < -0.4 is 26.2 Å². The molecule has 332 valence electrons. The van der Waals surface area contributed by atoms with Gasteiger partial charge in [0.2, 0.25) is 0 Å². The van der Waals surface area contributed by atoms with E-state index in [-0.39, 0.29) is 33.8 Å². The molecule has 0 aromatic heterocycles. The summed E-state index contributed by atoms with van der Waals surface area (Å²) in [4.78, 5) is 5.39. The van der Waals surface area contributed by atoms with Gasteiger partial charge in [0.15, 0.2) is 0 Å². The Labute approximate surface area is 396 Å². The van der Waals surface area contributed by atoms with E-state index >= 15 is 0 Å². The summed E-state index contributed by atoms with van der Waals surface area (Å²) >= 11 is 0. The molecule has 0 N–H and O–H groups in total. The molecule has 4 aliphatic rings. The maximum absolute atomic E-state index is 2.74. The Balaban J connectivity index is 1.29. The molecular formula is C63H67BN2. The standard InChI is InChI=1S/C63H67BN2/c1-39-24-25-44(42-22-18-15-19-23-42)32-53(39)65-52-27-26-43(41-20-16-14-17-21-41)31-50(52)64-51-35-47-48(61(8,9)29-28-60(47,6)7)37-55(51)66(57-34-45(59(3,4)5)33-56(65)58(57)64)54-36-49-46(30-40(54)2)62(10,11)38-63(49,12)13/h14-27,30-37H,28-29,38H2,1-13H3. The van der Waals surface area contributed by atoms with E-state index in [0.717, 1.165) is 6.42 Å². The van der Waals surface area contributed by atoms with Crippen molar-refractivity contribution in [1.82, 2.24) is 0 Å². The van der Waals surface area contributed by atoms with Crippen LogP contribution in [0.4, 0.5) is 34.1 Å². The smallest absolute Gasteiger partial charge is 0.252 e. The van der Waals surface area contributed by atoms with Crippen molar-refractivity contribution in [3.63, 3.8) is 0 Å². The third kappa shape index (κ3) is 6.50. The molecule has 0 saturated carbocycles. The van der Waals surface area contributed by atoms with Crippen LogP contribution in [0.15, 0.2) is 133 Å². The molecule has 0 atom stereocenters. The summed E-state index contributed by atoms with van der Waals surface area (Å²) in [6.45, 7) is 31.6. The highest BCUT2D eigenvalue weighted by molar-refractivity contribution is 7.00. The minimum Gasteiger partial charge on any atom is -0.311 e. The molecule has 0 saturated heterocycles. The van der Waals surface area contributed by atoms with Crippen molar-refractivity contribution in [2.24, 2.45) is 0 Å². The summed E-state index contributed by atoms with van der Waals surface area (Å²) in [5.74, 6) is 0. The predicted octanol–water partition coefficient (Wildman–Crippen LogP) is 15.3. The maximum atomic E-state index is 2.74. The molecule has 2 heterocycles. The number of nitrogens with zero attached hydrogens (tertiary/aromatic N) is 2. The van der Waals surface area contributed by atoms with Crippen LogP contribution in [-0.2, 0) is 27.1 Å². The number of aryl methyl sites for hydroxylation is 2. The molecule has 3 heteroatoms. The minimum atomic E-state index is -0.113. The largest absolute Gasteiger partial charge is 0.311 e. The molecule has 0 radical (unpaired) electrons. The number of benzene rings is 7. The normalized spacial score (nSPS) is 18.0. The minimum absolute atomic E-state index is 0.0130. The van der Waals surface area contributed by atoms with E-state index in [1.807, 2.05) is 0 Å². The summed E-state index contributed by atoms with van der Waals surface area (Å²) in [5, 5.41) is 0. The van der Waals surface area contributed by atoms with Crippen molar-refractivity contribution in [2.75, 3.05) is 9.80 Å². The summed E-state index contributed by atoms with van der Waals surface area (Å²) in [6.07, 6.45) is 3.48. The van der Waals surface area contributed by atoms with Gasteiger partial charge in [-0.15, -0.1) is 0 Å². The van der Waals surface area contributed by atoms with Gasteiger partial charge in [0, 0.05) is 34.1 Å². The van der Waals surface area contributed by atoms with Gasteiger partial charge >= 0.3 is 0 Å². The lowest BCUT2D eigenvalue weighted by atomic mass is 9.33. The van der Waals surface area contributed by atoms with Crippen molar-refractivity contribution in [3.8, 4) is 22.3 Å². The second-order valence-electron chi connectivity index (χ2n) is 24.1. The molecule has 7 aromatic rings. The van der Waals surface area contributed by atoms with E-state index in [9.17, 15) is 0 Å². The summed E-state index contributed by atoms with van der Waals surface area (Å²) in [7, 11) is 0. The van der Waals surface area contributed by atoms with Crippen LogP contribution in [0.25, 0.3) is 22.3 Å². The zero-order chi connectivity index (χ0) is 46.5. The predicted molar refractivity (Wildman–Crippen MR) is 285 cm³/mol. The van der Waals surface area contributed by atoms with Crippen molar-refractivity contribution in [2.45, 2.75) is 136 Å². The molecule has 0 amide bonds. The first-order valence-electron chi connectivity index (χ1n) is 24.6. The molecule has 0 fully saturated rings. The van der Waals surface area contributed by atoms with Crippen molar-refractivity contribution in [3.05, 3.63) is 172 Å². The van der Waals surface area contributed by atoms with Crippen LogP contribution in [-0.4, -0.2) is 6.71 Å². The highest BCUT2D eigenvalue weighted by Gasteiger charge is 2.48. The number of fused-ring (bicyclic) bond motifs is 6. The highest BCUT2D eigenvalue weighted by atomic mass is 15.2.